The third kappa shape index (κ3) is 2.96. The van der Waals surface area contributed by atoms with Crippen molar-refractivity contribution in [3.8, 4) is 5.75 Å². The van der Waals surface area contributed by atoms with E-state index in [0.29, 0.717) is 24.4 Å². The monoisotopic (exact) mass is 458 g/mol. The second-order valence-electron chi connectivity index (χ2n) is 8.92. The van der Waals surface area contributed by atoms with Gasteiger partial charge >= 0.3 is 0 Å². The van der Waals surface area contributed by atoms with Crippen LogP contribution in [0.4, 0.5) is 8.78 Å². The predicted octanol–water partition coefficient (Wildman–Crippen LogP) is 1.93. The van der Waals surface area contributed by atoms with E-state index in [1.165, 1.54) is 16.9 Å². The molecule has 0 radical (unpaired) electrons. The van der Waals surface area contributed by atoms with Crippen LogP contribution in [0.15, 0.2) is 29.2 Å². The number of nitrogens with zero attached hydrogens (tertiary/aromatic N) is 3. The molecular formula is C23H24F2N4O4. The number of halogens is 2. The van der Waals surface area contributed by atoms with Crippen molar-refractivity contribution in [3.63, 3.8) is 0 Å². The molecule has 1 spiro atoms. The Bertz CT molecular complexity index is 1250. The van der Waals surface area contributed by atoms with E-state index in [1.807, 2.05) is 11.9 Å². The summed E-state index contributed by atoms with van der Waals surface area (Å²) in [7, 11) is 1.79. The number of amides is 2. The van der Waals surface area contributed by atoms with E-state index in [2.05, 4.69) is 5.32 Å². The van der Waals surface area contributed by atoms with Gasteiger partial charge in [-0.25, -0.2) is 8.78 Å². The lowest BCUT2D eigenvalue weighted by molar-refractivity contribution is 0.0237. The van der Waals surface area contributed by atoms with Gasteiger partial charge in [0, 0.05) is 43.9 Å². The van der Waals surface area contributed by atoms with Gasteiger partial charge < -0.3 is 15.3 Å². The summed E-state index contributed by atoms with van der Waals surface area (Å²) >= 11 is 0. The van der Waals surface area contributed by atoms with E-state index in [-0.39, 0.29) is 23.4 Å². The second kappa shape index (κ2) is 7.29. The fourth-order valence-corrected chi connectivity index (χ4v) is 5.66. The topological polar surface area (TPSA) is 94.9 Å². The number of pyridine rings is 1. The highest BCUT2D eigenvalue weighted by Gasteiger charge is 2.65. The van der Waals surface area contributed by atoms with Crippen LogP contribution >= 0.6 is 0 Å². The van der Waals surface area contributed by atoms with Gasteiger partial charge in [-0.1, -0.05) is 6.07 Å². The minimum absolute atomic E-state index is 0.0441. The van der Waals surface area contributed by atoms with Crippen LogP contribution in [0, 0.1) is 23.5 Å². The first kappa shape index (κ1) is 21.4. The normalized spacial score (nSPS) is 25.3. The number of carbonyl (C=O) groups excluding carboxylic acids is 2. The van der Waals surface area contributed by atoms with Gasteiger partial charge in [-0.3, -0.25) is 24.1 Å². The van der Waals surface area contributed by atoms with E-state index in [0.717, 1.165) is 25.3 Å². The number of fused-ring (bicyclic) bond motifs is 3. The molecule has 1 aromatic carbocycles. The largest absolute Gasteiger partial charge is 0.502 e. The molecule has 8 nitrogen and oxygen atoms in total. The molecule has 1 aromatic heterocycles. The zero-order valence-electron chi connectivity index (χ0n) is 18.3. The third-order valence-corrected chi connectivity index (χ3v) is 7.38. The van der Waals surface area contributed by atoms with Crippen LogP contribution in [0.25, 0.3) is 0 Å². The van der Waals surface area contributed by atoms with E-state index in [4.69, 9.17) is 0 Å². The van der Waals surface area contributed by atoms with Crippen LogP contribution < -0.4 is 15.8 Å². The number of rotatable bonds is 4. The van der Waals surface area contributed by atoms with Gasteiger partial charge in [0.05, 0.1) is 0 Å². The first-order valence-corrected chi connectivity index (χ1v) is 11.0. The summed E-state index contributed by atoms with van der Waals surface area (Å²) in [6.07, 6.45) is 4.01. The number of hydrogen-bond acceptors (Lipinski definition) is 5. The average Bonchev–Trinajstić information content (AvgIpc) is 3.48. The molecule has 2 fully saturated rings. The molecule has 0 bridgehead atoms. The minimum Gasteiger partial charge on any atom is -0.502 e. The predicted molar refractivity (Wildman–Crippen MR) is 114 cm³/mol. The Morgan fingerprint density at radius 2 is 2.06 bits per heavy atom. The summed E-state index contributed by atoms with van der Waals surface area (Å²) in [6.45, 7) is 2.01. The highest BCUT2D eigenvalue weighted by Crippen LogP contribution is 2.61. The molecule has 0 saturated heterocycles. The lowest BCUT2D eigenvalue weighted by Gasteiger charge is -2.53. The summed E-state index contributed by atoms with van der Waals surface area (Å²) in [6, 6.07) is 2.97. The van der Waals surface area contributed by atoms with Gasteiger partial charge in [0.1, 0.15) is 22.9 Å². The van der Waals surface area contributed by atoms with Crippen molar-refractivity contribution in [2.24, 2.45) is 11.8 Å². The summed E-state index contributed by atoms with van der Waals surface area (Å²) in [4.78, 5) is 40.7. The molecule has 174 valence electrons. The maximum atomic E-state index is 13.9. The maximum Gasteiger partial charge on any atom is 0.278 e. The van der Waals surface area contributed by atoms with Crippen molar-refractivity contribution in [2.45, 2.75) is 38.4 Å². The molecule has 2 heterocycles. The van der Waals surface area contributed by atoms with Crippen molar-refractivity contribution in [1.29, 1.82) is 0 Å². The first-order valence-electron chi connectivity index (χ1n) is 11.0. The molecule has 2 aromatic rings. The van der Waals surface area contributed by atoms with Crippen LogP contribution in [0.3, 0.4) is 0 Å². The zero-order valence-corrected chi connectivity index (χ0v) is 18.3. The highest BCUT2D eigenvalue weighted by atomic mass is 19.1. The third-order valence-electron chi connectivity index (χ3n) is 7.38. The molecule has 5 rings (SSSR count). The molecule has 2 aliphatic carbocycles. The SMILES string of the molecule is CCN1C(=O)c2c(O)c(=O)c(C(=O)NCc3ccc(F)cc3F)cn2N(C)[C@@]12CC[C@@H]1C[C@@H]12. The van der Waals surface area contributed by atoms with Crippen LogP contribution in [0.2, 0.25) is 0 Å². The molecule has 1 aliphatic heterocycles. The van der Waals surface area contributed by atoms with Crippen molar-refractivity contribution in [1.82, 2.24) is 14.9 Å². The van der Waals surface area contributed by atoms with Gasteiger partial charge in [0.25, 0.3) is 11.8 Å². The molecule has 0 unspecified atom stereocenters. The van der Waals surface area contributed by atoms with Crippen LogP contribution in [-0.4, -0.2) is 45.8 Å². The summed E-state index contributed by atoms with van der Waals surface area (Å²) < 4.78 is 28.4. The van der Waals surface area contributed by atoms with Gasteiger partial charge in [-0.2, -0.15) is 0 Å². The molecule has 2 saturated carbocycles. The molecule has 3 atom stereocenters. The average molecular weight is 458 g/mol. The van der Waals surface area contributed by atoms with Crippen molar-refractivity contribution in [3.05, 3.63) is 63.1 Å². The van der Waals surface area contributed by atoms with Crippen molar-refractivity contribution < 1.29 is 23.5 Å². The number of aromatic nitrogens is 1. The fourth-order valence-electron chi connectivity index (χ4n) is 5.66. The van der Waals surface area contributed by atoms with E-state index >= 15 is 0 Å². The Morgan fingerprint density at radius 1 is 1.30 bits per heavy atom. The fraction of sp³-hybridized carbons (Fsp3) is 0.435. The lowest BCUT2D eigenvalue weighted by atomic mass is 9.97. The molecule has 2 N–H and O–H groups in total. The first-order chi connectivity index (χ1) is 15.7. The number of nitrogens with one attached hydrogen (secondary N) is 1. The van der Waals surface area contributed by atoms with Gasteiger partial charge in [0.2, 0.25) is 5.43 Å². The van der Waals surface area contributed by atoms with E-state index in [1.54, 1.807) is 11.9 Å². The van der Waals surface area contributed by atoms with Crippen LogP contribution in [0.5, 0.6) is 5.75 Å². The lowest BCUT2D eigenvalue weighted by Crippen LogP contribution is -2.69. The quantitative estimate of drug-likeness (QED) is 0.730. The van der Waals surface area contributed by atoms with Crippen molar-refractivity contribution >= 4 is 11.8 Å². The van der Waals surface area contributed by atoms with Crippen molar-refractivity contribution in [2.75, 3.05) is 18.6 Å². The smallest absolute Gasteiger partial charge is 0.278 e. The Hall–Kier alpha value is -3.43. The molecule has 33 heavy (non-hydrogen) atoms. The molecule has 10 heteroatoms. The van der Waals surface area contributed by atoms with Crippen LogP contribution in [-0.2, 0) is 6.54 Å². The summed E-state index contributed by atoms with van der Waals surface area (Å²) in [5.41, 5.74) is -2.06. The second-order valence-corrected chi connectivity index (χ2v) is 8.92. The van der Waals surface area contributed by atoms with E-state index in [9.17, 15) is 28.3 Å². The Balaban J connectivity index is 1.52. The maximum absolute atomic E-state index is 13.9. The van der Waals surface area contributed by atoms with Gasteiger partial charge in [0.15, 0.2) is 11.4 Å². The molecular weight excluding hydrogens is 434 g/mol. The zero-order chi connectivity index (χ0) is 23.7. The molecule has 3 aliphatic rings. The Kier molecular flexibility index (Phi) is 4.73. The van der Waals surface area contributed by atoms with E-state index < -0.39 is 40.3 Å². The molecule has 2 amide bonds. The Morgan fingerprint density at radius 3 is 2.67 bits per heavy atom. The minimum atomic E-state index is -0.984. The number of aromatic hydroxyl groups is 1. The highest BCUT2D eigenvalue weighted by molar-refractivity contribution is 6.00. The summed E-state index contributed by atoms with van der Waals surface area (Å²) in [5, 5.41) is 14.9. The summed E-state index contributed by atoms with van der Waals surface area (Å²) in [5.74, 6) is -2.82. The number of hydrogen-bond donors (Lipinski definition) is 2. The standard InChI is InChI=1S/C23H24F2N4O4/c1-3-28-22(33)18-20(31)19(30)15(21(32)26-10-13-4-5-14(24)9-17(13)25)11-29(18)27(2)23(28)7-6-12-8-16(12)23/h4-5,9,11-12,16,31H,3,6-8,10H2,1-2H3,(H,26,32)/t12-,16+,23+/m1/s1. The van der Waals surface area contributed by atoms with Gasteiger partial charge in [-0.05, 0) is 38.2 Å². The Labute approximate surface area is 188 Å². The number of carbonyl (C=O) groups is 2. The van der Waals surface area contributed by atoms with Gasteiger partial charge in [-0.15, -0.1) is 0 Å². The van der Waals surface area contributed by atoms with Crippen LogP contribution in [0.1, 0.15) is 52.6 Å². The number of benzene rings is 1.